The van der Waals surface area contributed by atoms with Gasteiger partial charge in [0, 0.05) is 16.8 Å². The van der Waals surface area contributed by atoms with E-state index in [1.54, 1.807) is 11.3 Å². The van der Waals surface area contributed by atoms with Crippen LogP contribution < -0.4 is 5.32 Å². The van der Waals surface area contributed by atoms with Crippen LogP contribution in [-0.2, 0) is 11.2 Å². The standard InChI is InChI=1S/C16H24N4OS2/c1-5-12-9-13-15(18-11(2)19-16(13)23-12)22-10-14(21)17-7-6-8-20(3)4/h9H,5-8,10H2,1-4H3,(H,17,21). The minimum absolute atomic E-state index is 0.0594. The van der Waals surface area contributed by atoms with Gasteiger partial charge in [0.25, 0.3) is 0 Å². The van der Waals surface area contributed by atoms with E-state index in [0.717, 1.165) is 40.5 Å². The number of carbonyl (C=O) groups excluding carboxylic acids is 1. The lowest BCUT2D eigenvalue weighted by molar-refractivity contribution is -0.118. The summed E-state index contributed by atoms with van der Waals surface area (Å²) in [6.45, 7) is 5.73. The van der Waals surface area contributed by atoms with Gasteiger partial charge in [0.15, 0.2) is 0 Å². The van der Waals surface area contributed by atoms with Crippen molar-refractivity contribution in [2.45, 2.75) is 31.7 Å². The molecule has 0 aliphatic carbocycles. The van der Waals surface area contributed by atoms with E-state index in [0.29, 0.717) is 12.3 Å². The van der Waals surface area contributed by atoms with Crippen LogP contribution in [0.25, 0.3) is 10.2 Å². The molecule has 1 N–H and O–H groups in total. The summed E-state index contributed by atoms with van der Waals surface area (Å²) in [6.07, 6.45) is 1.96. The van der Waals surface area contributed by atoms with Gasteiger partial charge in [0.1, 0.15) is 15.7 Å². The van der Waals surface area contributed by atoms with Gasteiger partial charge in [-0.1, -0.05) is 18.7 Å². The normalized spacial score (nSPS) is 11.3. The number of hydrogen-bond donors (Lipinski definition) is 1. The summed E-state index contributed by atoms with van der Waals surface area (Å²) in [5, 5.41) is 4.94. The highest BCUT2D eigenvalue weighted by molar-refractivity contribution is 8.00. The summed E-state index contributed by atoms with van der Waals surface area (Å²) in [7, 11) is 4.07. The molecule has 0 fully saturated rings. The molecule has 2 aromatic rings. The van der Waals surface area contributed by atoms with Crippen LogP contribution in [-0.4, -0.2) is 53.7 Å². The largest absolute Gasteiger partial charge is 0.355 e. The summed E-state index contributed by atoms with van der Waals surface area (Å²) >= 11 is 3.20. The zero-order valence-electron chi connectivity index (χ0n) is 14.2. The Bertz CT molecular complexity index is 669. The second-order valence-corrected chi connectivity index (χ2v) is 7.74. The highest BCUT2D eigenvalue weighted by atomic mass is 32.2. The molecule has 0 spiro atoms. The van der Waals surface area contributed by atoms with Crippen molar-refractivity contribution in [3.8, 4) is 0 Å². The third-order valence-corrected chi connectivity index (χ3v) is 5.48. The van der Waals surface area contributed by atoms with Gasteiger partial charge < -0.3 is 10.2 Å². The molecule has 0 aromatic carbocycles. The Morgan fingerprint density at radius 2 is 2.17 bits per heavy atom. The summed E-state index contributed by atoms with van der Waals surface area (Å²) in [4.78, 5) is 25.4. The van der Waals surface area contributed by atoms with Crippen molar-refractivity contribution in [3.63, 3.8) is 0 Å². The fourth-order valence-electron chi connectivity index (χ4n) is 2.14. The van der Waals surface area contributed by atoms with Crippen molar-refractivity contribution in [1.82, 2.24) is 20.2 Å². The van der Waals surface area contributed by atoms with Gasteiger partial charge in [0.05, 0.1) is 5.75 Å². The minimum Gasteiger partial charge on any atom is -0.355 e. The number of aromatic nitrogens is 2. The summed E-state index contributed by atoms with van der Waals surface area (Å²) in [6, 6.07) is 2.15. The second kappa shape index (κ2) is 8.61. The van der Waals surface area contributed by atoms with Crippen LogP contribution in [0.4, 0.5) is 0 Å². The Morgan fingerprint density at radius 1 is 1.39 bits per heavy atom. The minimum atomic E-state index is 0.0594. The predicted octanol–water partition coefficient (Wildman–Crippen LogP) is 2.72. The first-order valence-corrected chi connectivity index (χ1v) is 9.61. The molecule has 0 saturated carbocycles. The van der Waals surface area contributed by atoms with Crippen LogP contribution >= 0.6 is 23.1 Å². The van der Waals surface area contributed by atoms with Crippen LogP contribution in [0.3, 0.4) is 0 Å². The van der Waals surface area contributed by atoms with E-state index in [4.69, 9.17) is 0 Å². The fraction of sp³-hybridized carbons (Fsp3) is 0.562. The smallest absolute Gasteiger partial charge is 0.230 e. The predicted molar refractivity (Wildman–Crippen MR) is 98.4 cm³/mol. The lowest BCUT2D eigenvalue weighted by Crippen LogP contribution is -2.28. The quantitative estimate of drug-likeness (QED) is 0.450. The number of rotatable bonds is 8. The molecule has 2 rings (SSSR count). The Balaban J connectivity index is 1.93. The monoisotopic (exact) mass is 352 g/mol. The molecule has 0 radical (unpaired) electrons. The van der Waals surface area contributed by atoms with E-state index in [2.05, 4.69) is 33.2 Å². The molecule has 2 heterocycles. The number of hydrogen-bond acceptors (Lipinski definition) is 6. The molecule has 5 nitrogen and oxygen atoms in total. The zero-order valence-corrected chi connectivity index (χ0v) is 15.8. The first kappa shape index (κ1) is 18.2. The second-order valence-electron chi connectivity index (χ2n) is 5.66. The molecular formula is C16H24N4OS2. The number of nitrogens with one attached hydrogen (secondary N) is 1. The molecule has 0 atom stereocenters. The van der Waals surface area contributed by atoms with Crippen LogP contribution in [0.1, 0.15) is 24.0 Å². The molecule has 7 heteroatoms. The van der Waals surface area contributed by atoms with Crippen LogP contribution in [0.5, 0.6) is 0 Å². The Labute approximate surface area is 145 Å². The van der Waals surface area contributed by atoms with Crippen molar-refractivity contribution in [2.24, 2.45) is 0 Å². The number of nitrogens with zero attached hydrogens (tertiary/aromatic N) is 3. The Morgan fingerprint density at radius 3 is 2.87 bits per heavy atom. The van der Waals surface area contributed by atoms with Gasteiger partial charge in [-0.15, -0.1) is 11.3 Å². The first-order valence-electron chi connectivity index (χ1n) is 7.81. The van der Waals surface area contributed by atoms with Gasteiger partial charge in [-0.25, -0.2) is 9.97 Å². The van der Waals surface area contributed by atoms with E-state index in [1.165, 1.54) is 16.6 Å². The number of amides is 1. The molecule has 2 aromatic heterocycles. The van der Waals surface area contributed by atoms with Crippen molar-refractivity contribution >= 4 is 39.2 Å². The number of fused-ring (bicyclic) bond motifs is 1. The van der Waals surface area contributed by atoms with Gasteiger partial charge in [-0.3, -0.25) is 4.79 Å². The summed E-state index contributed by atoms with van der Waals surface area (Å²) < 4.78 is 0. The maximum atomic E-state index is 12.0. The molecule has 1 amide bonds. The average molecular weight is 353 g/mol. The van der Waals surface area contributed by atoms with E-state index in [-0.39, 0.29) is 5.91 Å². The Kier molecular flexibility index (Phi) is 6.80. The maximum absolute atomic E-state index is 12.0. The highest BCUT2D eigenvalue weighted by Crippen LogP contribution is 2.31. The maximum Gasteiger partial charge on any atom is 0.230 e. The number of aryl methyl sites for hydroxylation is 2. The fourth-order valence-corrected chi connectivity index (χ4v) is 4.09. The topological polar surface area (TPSA) is 58.1 Å². The van der Waals surface area contributed by atoms with Crippen LogP contribution in [0.2, 0.25) is 0 Å². The number of thiophene rings is 1. The van der Waals surface area contributed by atoms with Crippen molar-refractivity contribution in [3.05, 3.63) is 16.8 Å². The summed E-state index contributed by atoms with van der Waals surface area (Å²) in [5.41, 5.74) is 0. The first-order chi connectivity index (χ1) is 11.0. The van der Waals surface area contributed by atoms with Gasteiger partial charge in [-0.2, -0.15) is 0 Å². The van der Waals surface area contributed by atoms with E-state index < -0.39 is 0 Å². The molecule has 126 valence electrons. The molecule has 23 heavy (non-hydrogen) atoms. The molecule has 0 saturated heterocycles. The molecule has 0 aliphatic heterocycles. The van der Waals surface area contributed by atoms with Gasteiger partial charge in [-0.05, 0) is 46.5 Å². The molecule has 0 aliphatic rings. The molecular weight excluding hydrogens is 328 g/mol. The van der Waals surface area contributed by atoms with E-state index >= 15 is 0 Å². The van der Waals surface area contributed by atoms with Crippen LogP contribution in [0.15, 0.2) is 11.1 Å². The van der Waals surface area contributed by atoms with Gasteiger partial charge >= 0.3 is 0 Å². The molecule has 0 bridgehead atoms. The Hall–Kier alpha value is -1.18. The lowest BCUT2D eigenvalue weighted by atomic mass is 10.3. The van der Waals surface area contributed by atoms with Gasteiger partial charge in [0.2, 0.25) is 5.91 Å². The van der Waals surface area contributed by atoms with E-state index in [9.17, 15) is 4.79 Å². The van der Waals surface area contributed by atoms with Crippen molar-refractivity contribution < 1.29 is 4.79 Å². The molecule has 0 unspecified atom stereocenters. The third kappa shape index (κ3) is 5.44. The highest BCUT2D eigenvalue weighted by Gasteiger charge is 2.12. The zero-order chi connectivity index (χ0) is 16.8. The van der Waals surface area contributed by atoms with Crippen molar-refractivity contribution in [1.29, 1.82) is 0 Å². The number of thioether (sulfide) groups is 1. The van der Waals surface area contributed by atoms with Crippen molar-refractivity contribution in [2.75, 3.05) is 32.9 Å². The summed E-state index contributed by atoms with van der Waals surface area (Å²) in [5.74, 6) is 1.21. The third-order valence-electron chi connectivity index (χ3n) is 3.31. The van der Waals surface area contributed by atoms with E-state index in [1.807, 2.05) is 21.0 Å². The number of carbonyl (C=O) groups is 1. The SMILES string of the molecule is CCc1cc2c(SCC(=O)NCCCN(C)C)nc(C)nc2s1. The lowest BCUT2D eigenvalue weighted by Gasteiger charge is -2.09. The van der Waals surface area contributed by atoms with Crippen LogP contribution in [0, 0.1) is 6.92 Å². The average Bonchev–Trinajstić information content (AvgIpc) is 2.92.